The summed E-state index contributed by atoms with van der Waals surface area (Å²) < 4.78 is 5.25. The summed E-state index contributed by atoms with van der Waals surface area (Å²) in [6.07, 6.45) is 1.67. The van der Waals surface area contributed by atoms with Gasteiger partial charge in [0.25, 0.3) is 10.8 Å². The van der Waals surface area contributed by atoms with Crippen LogP contribution >= 0.6 is 11.3 Å². The zero-order valence-electron chi connectivity index (χ0n) is 17.5. The Morgan fingerprint density at radius 2 is 1.78 bits per heavy atom. The first-order chi connectivity index (χ1) is 15.7. The van der Waals surface area contributed by atoms with Gasteiger partial charge in [-0.3, -0.25) is 4.79 Å². The second-order valence-corrected chi connectivity index (χ2v) is 8.15. The molecule has 158 valence electrons. The number of H-pyrrole nitrogens is 1. The molecule has 0 saturated carbocycles. The van der Waals surface area contributed by atoms with E-state index in [-0.39, 0.29) is 5.56 Å². The molecule has 0 aliphatic rings. The van der Waals surface area contributed by atoms with Gasteiger partial charge in [-0.05, 0) is 11.6 Å². The average molecular weight is 442 g/mol. The third-order valence-corrected chi connectivity index (χ3v) is 6.21. The van der Waals surface area contributed by atoms with Crippen LogP contribution < -0.4 is 16.0 Å². The van der Waals surface area contributed by atoms with Gasteiger partial charge in [0.1, 0.15) is 0 Å². The van der Waals surface area contributed by atoms with E-state index in [1.165, 1.54) is 11.3 Å². The largest absolute Gasteiger partial charge is 0.473 e. The summed E-state index contributed by atoms with van der Waals surface area (Å²) in [7, 11) is 1.59. The molecule has 0 bridgehead atoms. The highest BCUT2D eigenvalue weighted by atomic mass is 32.1. The molecule has 32 heavy (non-hydrogen) atoms. The maximum absolute atomic E-state index is 12.8. The van der Waals surface area contributed by atoms with Gasteiger partial charge in [0.15, 0.2) is 0 Å². The second kappa shape index (κ2) is 8.37. The molecule has 0 aliphatic heterocycles. The zero-order chi connectivity index (χ0) is 22.1. The van der Waals surface area contributed by atoms with Crippen molar-refractivity contribution >= 4 is 22.2 Å². The van der Waals surface area contributed by atoms with E-state index in [1.807, 2.05) is 41.8 Å². The lowest BCUT2D eigenvalue weighted by molar-refractivity contribution is -0.386. The smallest absolute Gasteiger partial charge is 0.273 e. The molecule has 0 saturated heterocycles. The quantitative estimate of drug-likeness (QED) is 0.429. The van der Waals surface area contributed by atoms with E-state index < -0.39 is 0 Å². The van der Waals surface area contributed by atoms with E-state index in [1.54, 1.807) is 13.3 Å². The number of hydrogen-bond donors (Lipinski definition) is 2. The molecular weight excluding hydrogens is 420 g/mol. The summed E-state index contributed by atoms with van der Waals surface area (Å²) in [6, 6.07) is 20.2. The molecule has 0 atom stereocenters. The number of aromatic amines is 1. The topological polar surface area (TPSA) is 95.5 Å². The zero-order valence-corrected chi connectivity index (χ0v) is 18.3. The molecule has 0 radical (unpaired) electrons. The fourth-order valence-electron chi connectivity index (χ4n) is 3.73. The van der Waals surface area contributed by atoms with Gasteiger partial charge in [0.2, 0.25) is 0 Å². The van der Waals surface area contributed by atoms with Crippen LogP contribution in [0.1, 0.15) is 5.56 Å². The Balaban J connectivity index is 1.82. The number of hydrogen-bond acceptors (Lipinski definition) is 5. The first-order valence-corrected chi connectivity index (χ1v) is 11.1. The predicted octanol–water partition coefficient (Wildman–Crippen LogP) is 4.13. The molecule has 5 rings (SSSR count). The Kier molecular flexibility index (Phi) is 5.26. The minimum Gasteiger partial charge on any atom is -0.473 e. The van der Waals surface area contributed by atoms with E-state index in [2.05, 4.69) is 40.0 Å². The lowest BCUT2D eigenvalue weighted by Crippen LogP contribution is -2.47. The Labute approximate surface area is 188 Å². The van der Waals surface area contributed by atoms with E-state index in [0.717, 1.165) is 40.1 Å². The number of nitrogens with one attached hydrogen (secondary N) is 1. The van der Waals surface area contributed by atoms with Crippen molar-refractivity contribution in [2.24, 2.45) is 0 Å². The summed E-state index contributed by atoms with van der Waals surface area (Å²) in [5.74, 6) is 0. The van der Waals surface area contributed by atoms with Crippen LogP contribution in [0, 0.1) is 0 Å². The lowest BCUT2D eigenvalue weighted by Gasteiger charge is -2.13. The van der Waals surface area contributed by atoms with E-state index in [9.17, 15) is 4.79 Å². The Bertz CT molecular complexity index is 1460. The van der Waals surface area contributed by atoms with Gasteiger partial charge in [-0.2, -0.15) is 0 Å². The molecule has 3 aromatic heterocycles. The maximum Gasteiger partial charge on any atom is 0.273 e. The third kappa shape index (κ3) is 3.57. The fraction of sp³-hybridized carbons (Fsp3) is 0.0800. The van der Waals surface area contributed by atoms with Gasteiger partial charge in [0.05, 0.1) is 35.9 Å². The monoisotopic (exact) mass is 441 g/mol. The number of quaternary nitrogens is 1. The summed E-state index contributed by atoms with van der Waals surface area (Å²) >= 11 is 1.40. The molecule has 0 fully saturated rings. The molecule has 5 aromatic rings. The van der Waals surface area contributed by atoms with Crippen LogP contribution in [-0.2, 0) is 6.54 Å². The minimum absolute atomic E-state index is 0.186. The molecule has 0 spiro atoms. The van der Waals surface area contributed by atoms with Crippen LogP contribution in [-0.4, -0.2) is 22.1 Å². The minimum atomic E-state index is -0.186. The number of thiazole rings is 1. The number of ether oxygens (including phenoxy) is 1. The van der Waals surface area contributed by atoms with Gasteiger partial charge < -0.3 is 15.5 Å². The molecule has 6 nitrogen and oxygen atoms in total. The first kappa shape index (κ1) is 20.1. The summed E-state index contributed by atoms with van der Waals surface area (Å²) in [5.41, 5.74) is 10.7. The van der Waals surface area contributed by atoms with Crippen molar-refractivity contribution in [1.82, 2.24) is 15.0 Å². The summed E-state index contributed by atoms with van der Waals surface area (Å²) in [4.78, 5) is 25.2. The average Bonchev–Trinajstić information content (AvgIpc) is 3.33. The van der Waals surface area contributed by atoms with Crippen LogP contribution in [0.15, 0.2) is 77.0 Å². The lowest BCUT2D eigenvalue weighted by atomic mass is 9.96. The van der Waals surface area contributed by atoms with Crippen LogP contribution in [0.4, 0.5) is 0 Å². The Morgan fingerprint density at radius 1 is 1.00 bits per heavy atom. The highest BCUT2D eigenvalue weighted by Crippen LogP contribution is 2.36. The normalized spacial score (nSPS) is 11.1. The third-order valence-electron chi connectivity index (χ3n) is 5.40. The first-order valence-electron chi connectivity index (χ1n) is 10.2. The van der Waals surface area contributed by atoms with Crippen LogP contribution in [0.2, 0.25) is 0 Å². The van der Waals surface area contributed by atoms with Crippen LogP contribution in [0.25, 0.3) is 44.5 Å². The van der Waals surface area contributed by atoms with Gasteiger partial charge in [0, 0.05) is 33.8 Å². The number of pyridine rings is 2. The van der Waals surface area contributed by atoms with E-state index in [4.69, 9.17) is 9.72 Å². The number of benzene rings is 2. The van der Waals surface area contributed by atoms with E-state index >= 15 is 0 Å². The van der Waals surface area contributed by atoms with Crippen molar-refractivity contribution in [3.63, 3.8) is 0 Å². The van der Waals surface area contributed by atoms with Gasteiger partial charge in [-0.25, -0.2) is 9.97 Å². The van der Waals surface area contributed by atoms with Gasteiger partial charge in [-0.1, -0.05) is 65.9 Å². The van der Waals surface area contributed by atoms with Crippen molar-refractivity contribution in [2.75, 3.05) is 7.11 Å². The van der Waals surface area contributed by atoms with Crippen LogP contribution in [0.3, 0.4) is 0 Å². The van der Waals surface area contributed by atoms with Crippen molar-refractivity contribution < 1.29 is 10.5 Å². The van der Waals surface area contributed by atoms with Gasteiger partial charge in [-0.15, -0.1) is 0 Å². The molecule has 4 N–H and O–H groups in total. The van der Waals surface area contributed by atoms with E-state index in [0.29, 0.717) is 21.8 Å². The van der Waals surface area contributed by atoms with Crippen LogP contribution in [0.5, 0.6) is 5.19 Å². The maximum atomic E-state index is 12.8. The standard InChI is InChI=1S/C25H20N4O2S/c1-31-25-28-21(14-32-25)20-13-27-24(30)19-11-18(16-5-3-2-4-6-16)22(29-23(19)20)17-9-7-15(12-26)8-10-17/h2-11,13-14H,12,26H2,1H3,(H,27,30)/p+1. The molecule has 0 unspecified atom stereocenters. The predicted molar refractivity (Wildman–Crippen MR) is 127 cm³/mol. The molecule has 0 aliphatic carbocycles. The second-order valence-electron chi connectivity index (χ2n) is 7.33. The fourth-order valence-corrected chi connectivity index (χ4v) is 4.37. The number of methoxy groups -OCH3 is 1. The number of nitrogens with zero attached hydrogens (tertiary/aromatic N) is 2. The molecular formula is C25H21N4O2S+. The molecule has 2 aromatic carbocycles. The van der Waals surface area contributed by atoms with Gasteiger partial charge >= 0.3 is 0 Å². The number of fused-ring (bicyclic) bond motifs is 1. The molecule has 7 heteroatoms. The highest BCUT2D eigenvalue weighted by Gasteiger charge is 2.17. The summed E-state index contributed by atoms with van der Waals surface area (Å²) in [6.45, 7) is 0.724. The van der Waals surface area contributed by atoms with Crippen molar-refractivity contribution in [1.29, 1.82) is 0 Å². The highest BCUT2D eigenvalue weighted by molar-refractivity contribution is 7.11. The number of aromatic nitrogens is 3. The molecule has 0 amide bonds. The van der Waals surface area contributed by atoms with Crippen molar-refractivity contribution in [2.45, 2.75) is 6.54 Å². The molecule has 3 heterocycles. The Hall–Kier alpha value is -3.81. The Morgan fingerprint density at radius 3 is 2.47 bits per heavy atom. The SMILES string of the molecule is COc1nc(-c2c[nH]c(=O)c3cc(-c4ccccc4)c(-c4ccc(C[NH3+])cc4)nc23)cs1. The number of rotatable bonds is 5. The summed E-state index contributed by atoms with van der Waals surface area (Å²) in [5, 5.41) is 2.98. The van der Waals surface area contributed by atoms with Crippen molar-refractivity contribution in [3.8, 4) is 38.8 Å². The van der Waals surface area contributed by atoms with Crippen molar-refractivity contribution in [3.05, 3.63) is 88.2 Å².